The van der Waals surface area contributed by atoms with Crippen molar-refractivity contribution >= 4 is 27.5 Å². The van der Waals surface area contributed by atoms with E-state index >= 15 is 0 Å². The third kappa shape index (κ3) is 1.87. The first-order chi connectivity index (χ1) is 5.52. The molecule has 0 radical (unpaired) electrons. The first-order valence-electron chi connectivity index (χ1n) is 3.47. The highest BCUT2D eigenvalue weighted by molar-refractivity contribution is 9.10. The van der Waals surface area contributed by atoms with Crippen molar-refractivity contribution in [3.05, 3.63) is 25.8 Å². The molecule has 0 aliphatic rings. The number of aromatic nitrogens is 2. The average Bonchev–Trinajstić information content (AvgIpc) is 1.96. The summed E-state index contributed by atoms with van der Waals surface area (Å²) in [5.74, 6) is 0.215. The zero-order valence-corrected chi connectivity index (χ0v) is 9.03. The lowest BCUT2D eigenvalue weighted by Gasteiger charge is -2.07. The minimum absolute atomic E-state index is 0.211. The van der Waals surface area contributed by atoms with Gasteiger partial charge in [0.15, 0.2) is 5.15 Å². The van der Waals surface area contributed by atoms with Crippen LogP contribution in [0.5, 0.6) is 0 Å². The van der Waals surface area contributed by atoms with E-state index in [4.69, 9.17) is 11.6 Å². The number of hydrogen-bond donors (Lipinski definition) is 1. The van der Waals surface area contributed by atoms with E-state index < -0.39 is 5.69 Å². The van der Waals surface area contributed by atoms with E-state index in [9.17, 15) is 4.79 Å². The molecular weight excluding hydrogens is 243 g/mol. The summed E-state index contributed by atoms with van der Waals surface area (Å²) in [6, 6.07) is 0. The lowest BCUT2D eigenvalue weighted by Crippen LogP contribution is -2.14. The topological polar surface area (TPSA) is 45.8 Å². The first-order valence-corrected chi connectivity index (χ1v) is 4.64. The number of halogens is 2. The van der Waals surface area contributed by atoms with Gasteiger partial charge >= 0.3 is 5.69 Å². The van der Waals surface area contributed by atoms with E-state index in [1.807, 2.05) is 13.8 Å². The summed E-state index contributed by atoms with van der Waals surface area (Å²) >= 11 is 8.94. The molecule has 0 aromatic carbocycles. The van der Waals surface area contributed by atoms with Crippen molar-refractivity contribution in [1.29, 1.82) is 0 Å². The summed E-state index contributed by atoms with van der Waals surface area (Å²) in [6.45, 7) is 3.93. The molecule has 0 atom stereocenters. The van der Waals surface area contributed by atoms with Crippen LogP contribution in [0.2, 0.25) is 5.15 Å². The summed E-state index contributed by atoms with van der Waals surface area (Å²) in [6.07, 6.45) is 0. The Morgan fingerprint density at radius 3 is 2.67 bits per heavy atom. The van der Waals surface area contributed by atoms with Crippen LogP contribution in [0, 0.1) is 0 Å². The summed E-state index contributed by atoms with van der Waals surface area (Å²) < 4.78 is 0.666. The van der Waals surface area contributed by atoms with Crippen LogP contribution in [0.15, 0.2) is 9.27 Å². The van der Waals surface area contributed by atoms with E-state index in [0.29, 0.717) is 4.47 Å². The van der Waals surface area contributed by atoms with Gasteiger partial charge in [0, 0.05) is 5.69 Å². The zero-order valence-electron chi connectivity index (χ0n) is 6.69. The molecule has 0 aliphatic carbocycles. The Hall–Kier alpha value is -0.350. The van der Waals surface area contributed by atoms with Gasteiger partial charge in [0.2, 0.25) is 0 Å². The molecule has 0 spiro atoms. The summed E-state index contributed by atoms with van der Waals surface area (Å²) in [5.41, 5.74) is 0.368. The normalized spacial score (nSPS) is 10.8. The van der Waals surface area contributed by atoms with Gasteiger partial charge < -0.3 is 4.98 Å². The fourth-order valence-corrected chi connectivity index (χ4v) is 1.67. The van der Waals surface area contributed by atoms with E-state index in [1.54, 1.807) is 0 Å². The van der Waals surface area contributed by atoms with Crippen molar-refractivity contribution < 1.29 is 0 Å². The predicted octanol–water partition coefficient (Wildman–Crippen LogP) is 2.31. The molecular formula is C7H8BrClN2O. The molecule has 3 nitrogen and oxygen atoms in total. The monoisotopic (exact) mass is 250 g/mol. The molecule has 1 rings (SSSR count). The van der Waals surface area contributed by atoms with Crippen LogP contribution in [0.25, 0.3) is 0 Å². The minimum atomic E-state index is -0.410. The largest absolute Gasteiger partial charge is 0.346 e. The fraction of sp³-hybridized carbons (Fsp3) is 0.429. The molecule has 0 saturated heterocycles. The Kier molecular flexibility index (Phi) is 2.90. The third-order valence-corrected chi connectivity index (χ3v) is 2.74. The summed E-state index contributed by atoms with van der Waals surface area (Å²) in [7, 11) is 0. The van der Waals surface area contributed by atoms with Gasteiger partial charge in [-0.05, 0) is 21.8 Å². The van der Waals surface area contributed by atoms with Gasteiger partial charge in [0.1, 0.15) is 0 Å². The van der Waals surface area contributed by atoms with Crippen LogP contribution < -0.4 is 5.69 Å². The summed E-state index contributed by atoms with van der Waals surface area (Å²) in [5, 5.41) is 0.211. The second kappa shape index (κ2) is 3.58. The molecule has 0 amide bonds. The molecule has 0 bridgehead atoms. The van der Waals surface area contributed by atoms with E-state index in [0.717, 1.165) is 5.69 Å². The van der Waals surface area contributed by atoms with Crippen LogP contribution in [-0.2, 0) is 0 Å². The van der Waals surface area contributed by atoms with Crippen molar-refractivity contribution in [3.8, 4) is 0 Å². The minimum Gasteiger partial charge on any atom is -0.308 e. The quantitative estimate of drug-likeness (QED) is 0.779. The van der Waals surface area contributed by atoms with Crippen molar-refractivity contribution in [1.82, 2.24) is 9.97 Å². The average molecular weight is 252 g/mol. The third-order valence-electron chi connectivity index (χ3n) is 1.44. The number of hydrogen-bond acceptors (Lipinski definition) is 2. The SMILES string of the molecule is CC(C)c1[nH]c(=O)nc(Cl)c1Br. The maximum absolute atomic E-state index is 10.9. The smallest absolute Gasteiger partial charge is 0.308 e. The van der Waals surface area contributed by atoms with Crippen LogP contribution in [0.3, 0.4) is 0 Å². The van der Waals surface area contributed by atoms with Gasteiger partial charge in [-0.2, -0.15) is 4.98 Å². The number of H-pyrrole nitrogens is 1. The highest BCUT2D eigenvalue weighted by Crippen LogP contribution is 2.26. The lowest BCUT2D eigenvalue weighted by molar-refractivity contribution is 0.794. The standard InChI is InChI=1S/C7H8BrClN2O/c1-3(2)5-4(8)6(9)11-7(12)10-5/h3H,1-2H3,(H,10,11,12). The maximum Gasteiger partial charge on any atom is 0.346 e. The molecule has 0 aliphatic heterocycles. The van der Waals surface area contributed by atoms with E-state index in [-0.39, 0.29) is 11.1 Å². The van der Waals surface area contributed by atoms with E-state index in [1.165, 1.54) is 0 Å². The van der Waals surface area contributed by atoms with Crippen LogP contribution >= 0.6 is 27.5 Å². The van der Waals surface area contributed by atoms with Crippen molar-refractivity contribution in [3.63, 3.8) is 0 Å². The van der Waals surface area contributed by atoms with Gasteiger partial charge in [0.25, 0.3) is 0 Å². The first kappa shape index (κ1) is 9.74. The zero-order chi connectivity index (χ0) is 9.30. The Balaban J connectivity index is 3.38. The molecule has 1 aromatic heterocycles. The highest BCUT2D eigenvalue weighted by atomic mass is 79.9. The van der Waals surface area contributed by atoms with Crippen molar-refractivity contribution in [2.75, 3.05) is 0 Å². The molecule has 0 fully saturated rings. The molecule has 66 valence electrons. The maximum atomic E-state index is 10.9. The molecule has 5 heteroatoms. The number of nitrogens with one attached hydrogen (secondary N) is 1. The van der Waals surface area contributed by atoms with Gasteiger partial charge in [-0.25, -0.2) is 4.79 Å². The second-order valence-corrected chi connectivity index (χ2v) is 3.87. The predicted molar refractivity (Wildman–Crippen MR) is 51.7 cm³/mol. The van der Waals surface area contributed by atoms with Crippen molar-refractivity contribution in [2.24, 2.45) is 0 Å². The molecule has 0 saturated carbocycles. The fourth-order valence-electron chi connectivity index (χ4n) is 0.845. The Labute approximate surface area is 83.3 Å². The van der Waals surface area contributed by atoms with Gasteiger partial charge in [-0.1, -0.05) is 25.4 Å². The molecule has 1 aromatic rings. The molecule has 1 N–H and O–H groups in total. The summed E-state index contributed by atoms with van der Waals surface area (Å²) in [4.78, 5) is 17.0. The van der Waals surface area contributed by atoms with Crippen LogP contribution in [-0.4, -0.2) is 9.97 Å². The Bertz CT molecular complexity index is 348. The van der Waals surface area contributed by atoms with E-state index in [2.05, 4.69) is 25.9 Å². The molecule has 12 heavy (non-hydrogen) atoms. The van der Waals surface area contributed by atoms with Gasteiger partial charge in [-0.3, -0.25) is 0 Å². The van der Waals surface area contributed by atoms with Crippen LogP contribution in [0.4, 0.5) is 0 Å². The number of rotatable bonds is 1. The van der Waals surface area contributed by atoms with Crippen molar-refractivity contribution in [2.45, 2.75) is 19.8 Å². The Morgan fingerprint density at radius 1 is 1.58 bits per heavy atom. The van der Waals surface area contributed by atoms with Gasteiger partial charge in [0.05, 0.1) is 4.47 Å². The number of nitrogens with zero attached hydrogens (tertiary/aromatic N) is 1. The molecule has 1 heterocycles. The molecule has 0 unspecified atom stereocenters. The Morgan fingerprint density at radius 2 is 2.17 bits per heavy atom. The van der Waals surface area contributed by atoms with Gasteiger partial charge in [-0.15, -0.1) is 0 Å². The lowest BCUT2D eigenvalue weighted by atomic mass is 10.1. The number of aromatic amines is 1. The van der Waals surface area contributed by atoms with Crippen LogP contribution in [0.1, 0.15) is 25.5 Å². The highest BCUT2D eigenvalue weighted by Gasteiger charge is 2.10. The second-order valence-electron chi connectivity index (χ2n) is 2.72.